The van der Waals surface area contributed by atoms with Crippen molar-refractivity contribution in [3.05, 3.63) is 75.2 Å². The van der Waals surface area contributed by atoms with E-state index in [0.29, 0.717) is 12.1 Å². The average Bonchev–Trinajstić information content (AvgIpc) is 3.28. The van der Waals surface area contributed by atoms with E-state index in [9.17, 15) is 14.7 Å². The van der Waals surface area contributed by atoms with E-state index < -0.39 is 6.04 Å². The summed E-state index contributed by atoms with van der Waals surface area (Å²) in [5.74, 6) is -0.0900. The standard InChI is InChI=1S/C23H27N5O3/c1-13-10-14(2)20(19(29)11-13)17-12-18(26-25-17)22(30)24-21-15(3)27(4)28(23(21)31)16-8-6-5-7-9-16/h5-11,17-18,25-26,29H,12H2,1-4H3,(H,24,30). The number of phenols is 1. The van der Waals surface area contributed by atoms with E-state index in [1.807, 2.05) is 50.2 Å². The third-order valence-electron chi connectivity index (χ3n) is 5.88. The molecule has 1 saturated heterocycles. The van der Waals surface area contributed by atoms with Gasteiger partial charge in [0.2, 0.25) is 5.91 Å². The van der Waals surface area contributed by atoms with Crippen LogP contribution in [-0.4, -0.2) is 26.4 Å². The topological polar surface area (TPSA) is 100 Å². The minimum absolute atomic E-state index is 0.211. The summed E-state index contributed by atoms with van der Waals surface area (Å²) in [7, 11) is 1.79. The first kappa shape index (κ1) is 20.9. The van der Waals surface area contributed by atoms with Gasteiger partial charge in [-0.25, -0.2) is 15.5 Å². The molecule has 8 heteroatoms. The van der Waals surface area contributed by atoms with Gasteiger partial charge in [0.25, 0.3) is 5.56 Å². The zero-order valence-corrected chi connectivity index (χ0v) is 18.1. The predicted molar refractivity (Wildman–Crippen MR) is 119 cm³/mol. The SMILES string of the molecule is Cc1cc(C)c(C2CC(C(=O)Nc3c(C)n(C)n(-c4ccccc4)c3=O)NN2)c(O)c1. The zero-order valence-electron chi connectivity index (χ0n) is 18.1. The summed E-state index contributed by atoms with van der Waals surface area (Å²) in [4.78, 5) is 26.0. The molecule has 8 nitrogen and oxygen atoms in total. The van der Waals surface area contributed by atoms with Crippen molar-refractivity contribution in [3.8, 4) is 11.4 Å². The van der Waals surface area contributed by atoms with Crippen LogP contribution in [0.1, 0.15) is 34.8 Å². The smallest absolute Gasteiger partial charge is 0.295 e. The Morgan fingerprint density at radius 3 is 2.52 bits per heavy atom. The van der Waals surface area contributed by atoms with Crippen LogP contribution < -0.4 is 21.7 Å². The molecule has 1 aliphatic heterocycles. The van der Waals surface area contributed by atoms with Gasteiger partial charge in [0.05, 0.1) is 17.4 Å². The van der Waals surface area contributed by atoms with Gasteiger partial charge < -0.3 is 10.4 Å². The molecule has 1 amide bonds. The molecule has 2 aromatic carbocycles. The first-order valence-corrected chi connectivity index (χ1v) is 10.2. The number of aromatic nitrogens is 2. The molecule has 3 aromatic rings. The van der Waals surface area contributed by atoms with E-state index in [4.69, 9.17) is 0 Å². The van der Waals surface area contributed by atoms with Gasteiger partial charge in [-0.05, 0) is 56.5 Å². The fraction of sp³-hybridized carbons (Fsp3) is 0.304. The number of amides is 1. The molecular formula is C23H27N5O3. The maximum Gasteiger partial charge on any atom is 0.295 e. The van der Waals surface area contributed by atoms with Crippen LogP contribution in [0.15, 0.2) is 47.3 Å². The Hall–Kier alpha value is -3.36. The number of aromatic hydroxyl groups is 1. The summed E-state index contributed by atoms with van der Waals surface area (Å²) >= 11 is 0. The molecule has 4 N–H and O–H groups in total. The van der Waals surface area contributed by atoms with Gasteiger partial charge in [-0.15, -0.1) is 0 Å². The van der Waals surface area contributed by atoms with Crippen molar-refractivity contribution in [1.29, 1.82) is 0 Å². The molecular weight excluding hydrogens is 394 g/mol. The number of nitrogens with zero attached hydrogens (tertiary/aromatic N) is 2. The lowest BCUT2D eigenvalue weighted by Gasteiger charge is -2.15. The fourth-order valence-electron chi connectivity index (χ4n) is 4.25. The lowest BCUT2D eigenvalue weighted by atomic mass is 9.95. The lowest BCUT2D eigenvalue weighted by Crippen LogP contribution is -2.40. The molecule has 162 valence electrons. The van der Waals surface area contributed by atoms with Gasteiger partial charge in [-0.2, -0.15) is 0 Å². The van der Waals surface area contributed by atoms with Crippen molar-refractivity contribution in [2.45, 2.75) is 39.3 Å². The number of hydrazine groups is 1. The molecule has 0 spiro atoms. The lowest BCUT2D eigenvalue weighted by molar-refractivity contribution is -0.117. The van der Waals surface area contributed by atoms with Crippen LogP contribution in [0, 0.1) is 20.8 Å². The van der Waals surface area contributed by atoms with E-state index in [2.05, 4.69) is 16.2 Å². The molecule has 2 unspecified atom stereocenters. The summed E-state index contributed by atoms with van der Waals surface area (Å²) in [5, 5.41) is 13.2. The number of para-hydroxylation sites is 1. The quantitative estimate of drug-likeness (QED) is 0.518. The molecule has 4 rings (SSSR count). The minimum Gasteiger partial charge on any atom is -0.508 e. The Kier molecular flexibility index (Phi) is 5.43. The van der Waals surface area contributed by atoms with E-state index in [0.717, 1.165) is 22.4 Å². The number of anilines is 1. The highest BCUT2D eigenvalue weighted by Gasteiger charge is 2.33. The van der Waals surface area contributed by atoms with Crippen molar-refractivity contribution < 1.29 is 9.90 Å². The van der Waals surface area contributed by atoms with Gasteiger partial charge in [-0.3, -0.25) is 14.3 Å². The number of phenolic OH excluding ortho intramolecular Hbond substituents is 1. The number of carbonyl (C=O) groups excluding carboxylic acids is 1. The Balaban J connectivity index is 1.55. The minimum atomic E-state index is -0.547. The highest BCUT2D eigenvalue weighted by molar-refractivity contribution is 5.95. The number of carbonyl (C=O) groups is 1. The van der Waals surface area contributed by atoms with Crippen molar-refractivity contribution in [1.82, 2.24) is 20.2 Å². The maximum absolute atomic E-state index is 13.0. The van der Waals surface area contributed by atoms with Crippen molar-refractivity contribution in [2.75, 3.05) is 5.32 Å². The number of hydrogen-bond acceptors (Lipinski definition) is 5. The molecule has 0 aliphatic carbocycles. The van der Waals surface area contributed by atoms with Gasteiger partial charge in [0.1, 0.15) is 17.5 Å². The largest absolute Gasteiger partial charge is 0.508 e. The van der Waals surface area contributed by atoms with Crippen LogP contribution >= 0.6 is 0 Å². The monoisotopic (exact) mass is 421 g/mol. The van der Waals surface area contributed by atoms with Crippen molar-refractivity contribution in [2.24, 2.45) is 7.05 Å². The molecule has 2 atom stereocenters. The summed E-state index contributed by atoms with van der Waals surface area (Å²) in [5.41, 5.74) is 10.2. The second kappa shape index (κ2) is 8.05. The van der Waals surface area contributed by atoms with Crippen molar-refractivity contribution >= 4 is 11.6 Å². The Labute approximate surface area is 180 Å². The summed E-state index contributed by atoms with van der Waals surface area (Å²) in [6.07, 6.45) is 0.446. The number of rotatable bonds is 4. The summed E-state index contributed by atoms with van der Waals surface area (Å²) < 4.78 is 3.26. The second-order valence-electron chi connectivity index (χ2n) is 8.07. The zero-order chi connectivity index (χ0) is 22.3. The molecule has 31 heavy (non-hydrogen) atoms. The Morgan fingerprint density at radius 1 is 1.13 bits per heavy atom. The van der Waals surface area contributed by atoms with E-state index in [1.54, 1.807) is 24.7 Å². The highest BCUT2D eigenvalue weighted by atomic mass is 16.3. The maximum atomic E-state index is 13.0. The van der Waals surface area contributed by atoms with Gasteiger partial charge in [0.15, 0.2) is 0 Å². The molecule has 1 aromatic heterocycles. The second-order valence-corrected chi connectivity index (χ2v) is 8.07. The first-order valence-electron chi connectivity index (χ1n) is 10.2. The van der Waals surface area contributed by atoms with Gasteiger partial charge in [0, 0.05) is 12.6 Å². The Bertz CT molecular complexity index is 1170. The van der Waals surface area contributed by atoms with Gasteiger partial charge in [-0.1, -0.05) is 24.3 Å². The fourth-order valence-corrected chi connectivity index (χ4v) is 4.25. The number of hydrogen-bond donors (Lipinski definition) is 4. The molecule has 2 heterocycles. The molecule has 0 bridgehead atoms. The highest BCUT2D eigenvalue weighted by Crippen LogP contribution is 2.33. The predicted octanol–water partition coefficient (Wildman–Crippen LogP) is 2.35. The molecule has 0 radical (unpaired) electrons. The van der Waals surface area contributed by atoms with Crippen LogP contribution in [0.4, 0.5) is 5.69 Å². The van der Waals surface area contributed by atoms with Crippen LogP contribution in [0.25, 0.3) is 5.69 Å². The molecule has 1 fully saturated rings. The van der Waals surface area contributed by atoms with Gasteiger partial charge >= 0.3 is 0 Å². The summed E-state index contributed by atoms with van der Waals surface area (Å²) in [6, 6.07) is 12.3. The third-order valence-corrected chi connectivity index (χ3v) is 5.88. The van der Waals surface area contributed by atoms with Crippen LogP contribution in [0.2, 0.25) is 0 Å². The number of nitrogens with one attached hydrogen (secondary N) is 3. The summed E-state index contributed by atoms with van der Waals surface area (Å²) in [6.45, 7) is 5.67. The van der Waals surface area contributed by atoms with E-state index >= 15 is 0 Å². The average molecular weight is 422 g/mol. The van der Waals surface area contributed by atoms with Crippen LogP contribution in [-0.2, 0) is 11.8 Å². The van der Waals surface area contributed by atoms with Crippen LogP contribution in [0.3, 0.4) is 0 Å². The molecule has 0 saturated carbocycles. The molecule has 1 aliphatic rings. The van der Waals surface area contributed by atoms with E-state index in [-0.39, 0.29) is 28.9 Å². The first-order chi connectivity index (χ1) is 14.8. The normalized spacial score (nSPS) is 18.3. The number of aryl methyl sites for hydroxylation is 2. The van der Waals surface area contributed by atoms with Crippen LogP contribution in [0.5, 0.6) is 5.75 Å². The third kappa shape index (κ3) is 3.75. The van der Waals surface area contributed by atoms with Crippen molar-refractivity contribution in [3.63, 3.8) is 0 Å². The van der Waals surface area contributed by atoms with E-state index in [1.165, 1.54) is 4.68 Å². The Morgan fingerprint density at radius 2 is 1.84 bits per heavy atom. The number of benzene rings is 2.